The Labute approximate surface area is 184 Å². The number of amides is 2. The van der Waals surface area contributed by atoms with Crippen molar-refractivity contribution in [1.82, 2.24) is 19.4 Å². The fourth-order valence-corrected chi connectivity index (χ4v) is 4.20. The van der Waals surface area contributed by atoms with Crippen LogP contribution in [0.25, 0.3) is 22.2 Å². The van der Waals surface area contributed by atoms with Crippen molar-refractivity contribution in [3.8, 4) is 16.9 Å². The Bertz CT molecular complexity index is 1370. The van der Waals surface area contributed by atoms with Gasteiger partial charge in [0.05, 0.1) is 17.6 Å². The number of hydrogen-bond donors (Lipinski definition) is 2. The zero-order valence-electron chi connectivity index (χ0n) is 17.9. The number of imidazole rings is 1. The molecule has 32 heavy (non-hydrogen) atoms. The molecule has 162 valence electrons. The fourth-order valence-electron chi connectivity index (χ4n) is 4.20. The first-order chi connectivity index (χ1) is 15.4. The summed E-state index contributed by atoms with van der Waals surface area (Å²) in [5.41, 5.74) is 11.0. The van der Waals surface area contributed by atoms with Crippen molar-refractivity contribution in [2.45, 2.75) is 13.5 Å². The van der Waals surface area contributed by atoms with Gasteiger partial charge in [-0.3, -0.25) is 9.59 Å². The number of carbonyl (C=O) groups is 2. The Balaban J connectivity index is 1.46. The summed E-state index contributed by atoms with van der Waals surface area (Å²) in [6, 6.07) is 15.4. The molecule has 2 amide bonds. The number of nitrogens with zero attached hydrogens (tertiary/aromatic N) is 3. The molecule has 8 nitrogen and oxygen atoms in total. The zero-order valence-corrected chi connectivity index (χ0v) is 17.9. The Morgan fingerprint density at radius 3 is 2.59 bits per heavy atom. The number of carbonyl (C=O) groups excluding carboxylic acids is 2. The number of fused-ring (bicyclic) bond motifs is 2. The highest BCUT2D eigenvalue weighted by molar-refractivity contribution is 5.97. The number of rotatable bonds is 3. The van der Waals surface area contributed by atoms with E-state index in [-0.39, 0.29) is 5.91 Å². The Hall–Kier alpha value is -4.07. The number of primary amides is 1. The number of benzene rings is 2. The van der Waals surface area contributed by atoms with Crippen molar-refractivity contribution in [1.29, 1.82) is 0 Å². The molecule has 0 unspecified atom stereocenters. The molecule has 0 radical (unpaired) electrons. The Morgan fingerprint density at radius 1 is 1.06 bits per heavy atom. The summed E-state index contributed by atoms with van der Waals surface area (Å²) < 4.78 is 7.45. The first kappa shape index (κ1) is 19.9. The van der Waals surface area contributed by atoms with E-state index in [2.05, 4.69) is 22.1 Å². The molecular formula is C24H23N5O3. The van der Waals surface area contributed by atoms with Crippen LogP contribution in [0.1, 0.15) is 32.4 Å². The number of H-pyrrole nitrogens is 1. The van der Waals surface area contributed by atoms with Crippen LogP contribution in [-0.2, 0) is 13.6 Å². The predicted octanol–water partition coefficient (Wildman–Crippen LogP) is 3.01. The minimum absolute atomic E-state index is 0.170. The van der Waals surface area contributed by atoms with Gasteiger partial charge in [-0.1, -0.05) is 12.1 Å². The molecule has 3 heterocycles. The van der Waals surface area contributed by atoms with E-state index in [1.165, 1.54) is 4.57 Å². The molecule has 0 saturated heterocycles. The average Bonchev–Trinajstić information content (AvgIpc) is 3.26. The molecule has 1 aliphatic heterocycles. The number of aromatic amines is 1. The molecule has 5 rings (SSSR count). The molecular weight excluding hydrogens is 406 g/mol. The molecule has 2 aromatic heterocycles. The van der Waals surface area contributed by atoms with Gasteiger partial charge in [-0.15, -0.1) is 0 Å². The van der Waals surface area contributed by atoms with E-state index in [1.54, 1.807) is 24.1 Å². The quantitative estimate of drug-likeness (QED) is 0.522. The number of hydrogen-bond acceptors (Lipinski definition) is 4. The lowest BCUT2D eigenvalue weighted by Crippen LogP contribution is -2.34. The lowest BCUT2D eigenvalue weighted by Gasteiger charge is -2.20. The van der Waals surface area contributed by atoms with Crippen molar-refractivity contribution in [2.75, 3.05) is 13.2 Å². The summed E-state index contributed by atoms with van der Waals surface area (Å²) in [5, 5.41) is 0. The highest BCUT2D eigenvalue weighted by atomic mass is 16.5. The first-order valence-corrected chi connectivity index (χ1v) is 10.4. The SMILES string of the molecule is Cc1nc2ccc(-c3ccc4c(c3)CN(C(=O)c3ccc(C(N)=O)n3C)CCO4)cc2[nH]1. The molecule has 0 atom stereocenters. The van der Waals surface area contributed by atoms with Gasteiger partial charge in [-0.2, -0.15) is 0 Å². The van der Waals surface area contributed by atoms with Gasteiger partial charge in [0.25, 0.3) is 11.8 Å². The van der Waals surface area contributed by atoms with E-state index in [0.717, 1.165) is 39.3 Å². The van der Waals surface area contributed by atoms with Gasteiger partial charge in [0, 0.05) is 19.2 Å². The van der Waals surface area contributed by atoms with Crippen LogP contribution in [-0.4, -0.2) is 44.4 Å². The molecule has 0 bridgehead atoms. The standard InChI is InChI=1S/C24H23N5O3/c1-14-26-18-5-3-16(12-19(18)27-14)15-4-8-22-17(11-15)13-29(9-10-32-22)24(31)21-7-6-20(23(25)30)28(21)2/h3-8,11-12H,9-10,13H2,1-2H3,(H2,25,30)(H,26,27). The lowest BCUT2D eigenvalue weighted by atomic mass is 10.0. The maximum Gasteiger partial charge on any atom is 0.270 e. The summed E-state index contributed by atoms with van der Waals surface area (Å²) in [7, 11) is 1.67. The van der Waals surface area contributed by atoms with Crippen LogP contribution in [0.2, 0.25) is 0 Å². The molecule has 4 aromatic rings. The first-order valence-electron chi connectivity index (χ1n) is 10.4. The molecule has 0 aliphatic carbocycles. The van der Waals surface area contributed by atoms with E-state index in [4.69, 9.17) is 10.5 Å². The number of aromatic nitrogens is 3. The van der Waals surface area contributed by atoms with E-state index < -0.39 is 5.91 Å². The average molecular weight is 429 g/mol. The van der Waals surface area contributed by atoms with Crippen molar-refractivity contribution < 1.29 is 14.3 Å². The van der Waals surface area contributed by atoms with Crippen LogP contribution < -0.4 is 10.5 Å². The third kappa shape index (κ3) is 3.39. The van der Waals surface area contributed by atoms with Crippen molar-refractivity contribution in [2.24, 2.45) is 12.8 Å². The number of nitrogens with one attached hydrogen (secondary N) is 1. The zero-order chi connectivity index (χ0) is 22.4. The van der Waals surface area contributed by atoms with E-state index >= 15 is 0 Å². The molecule has 2 aromatic carbocycles. The second-order valence-electron chi connectivity index (χ2n) is 7.98. The van der Waals surface area contributed by atoms with Crippen LogP contribution in [0.4, 0.5) is 0 Å². The van der Waals surface area contributed by atoms with E-state index in [9.17, 15) is 9.59 Å². The van der Waals surface area contributed by atoms with Gasteiger partial charge in [0.2, 0.25) is 0 Å². The van der Waals surface area contributed by atoms with Crippen molar-refractivity contribution in [3.05, 3.63) is 71.3 Å². The van der Waals surface area contributed by atoms with Gasteiger partial charge in [-0.05, 0) is 54.4 Å². The van der Waals surface area contributed by atoms with Crippen LogP contribution in [0.3, 0.4) is 0 Å². The Morgan fingerprint density at radius 2 is 1.81 bits per heavy atom. The van der Waals surface area contributed by atoms with Gasteiger partial charge in [0.15, 0.2) is 0 Å². The summed E-state index contributed by atoms with van der Waals surface area (Å²) in [6.07, 6.45) is 0. The smallest absolute Gasteiger partial charge is 0.270 e. The third-order valence-electron chi connectivity index (χ3n) is 5.85. The Kier molecular flexibility index (Phi) is 4.70. The monoisotopic (exact) mass is 429 g/mol. The topological polar surface area (TPSA) is 106 Å². The van der Waals surface area contributed by atoms with Gasteiger partial charge in [-0.25, -0.2) is 4.98 Å². The van der Waals surface area contributed by atoms with Crippen molar-refractivity contribution in [3.63, 3.8) is 0 Å². The summed E-state index contributed by atoms with van der Waals surface area (Å²) in [5.74, 6) is 0.912. The summed E-state index contributed by atoms with van der Waals surface area (Å²) in [6.45, 7) is 3.18. The highest BCUT2D eigenvalue weighted by Crippen LogP contribution is 2.31. The highest BCUT2D eigenvalue weighted by Gasteiger charge is 2.24. The van der Waals surface area contributed by atoms with Crippen LogP contribution in [0, 0.1) is 6.92 Å². The second-order valence-corrected chi connectivity index (χ2v) is 7.98. The minimum atomic E-state index is -0.565. The fraction of sp³-hybridized carbons (Fsp3) is 0.208. The van der Waals surface area contributed by atoms with E-state index in [1.807, 2.05) is 31.2 Å². The number of ether oxygens (including phenoxy) is 1. The maximum absolute atomic E-state index is 13.2. The minimum Gasteiger partial charge on any atom is -0.491 e. The van der Waals surface area contributed by atoms with Gasteiger partial charge < -0.3 is 24.9 Å². The second kappa shape index (κ2) is 7.56. The van der Waals surface area contributed by atoms with Crippen molar-refractivity contribution >= 4 is 22.8 Å². The predicted molar refractivity (Wildman–Crippen MR) is 120 cm³/mol. The number of nitrogens with two attached hydrogens (primary N) is 1. The number of aryl methyl sites for hydroxylation is 1. The molecule has 1 aliphatic rings. The normalized spacial score (nSPS) is 13.5. The van der Waals surface area contributed by atoms with Gasteiger partial charge >= 0.3 is 0 Å². The molecule has 3 N–H and O–H groups in total. The molecule has 0 fully saturated rings. The van der Waals surface area contributed by atoms with Crippen LogP contribution >= 0.6 is 0 Å². The molecule has 0 spiro atoms. The van der Waals surface area contributed by atoms with Crippen LogP contribution in [0.15, 0.2) is 48.5 Å². The summed E-state index contributed by atoms with van der Waals surface area (Å²) >= 11 is 0. The van der Waals surface area contributed by atoms with Gasteiger partial charge in [0.1, 0.15) is 29.6 Å². The largest absolute Gasteiger partial charge is 0.491 e. The third-order valence-corrected chi connectivity index (χ3v) is 5.85. The van der Waals surface area contributed by atoms with E-state index in [0.29, 0.717) is 31.1 Å². The lowest BCUT2D eigenvalue weighted by molar-refractivity contribution is 0.0723. The molecule has 8 heteroatoms. The summed E-state index contributed by atoms with van der Waals surface area (Å²) in [4.78, 5) is 34.2. The van der Waals surface area contributed by atoms with Crippen LogP contribution in [0.5, 0.6) is 5.75 Å². The maximum atomic E-state index is 13.2. The molecule has 0 saturated carbocycles.